The zero-order chi connectivity index (χ0) is 10.7. The third-order valence-electron chi connectivity index (χ3n) is 1.74. The van der Waals surface area contributed by atoms with Crippen LogP contribution in [-0.4, -0.2) is 0 Å². The van der Waals surface area contributed by atoms with Gasteiger partial charge < -0.3 is 4.74 Å². The predicted octanol–water partition coefficient (Wildman–Crippen LogP) is 4.07. The number of para-hydroxylation sites is 1. The van der Waals surface area contributed by atoms with Crippen LogP contribution in [0.2, 0.25) is 5.02 Å². The van der Waals surface area contributed by atoms with E-state index in [1.54, 1.807) is 24.3 Å². The highest BCUT2D eigenvalue weighted by molar-refractivity contribution is 7.14. The van der Waals surface area contributed by atoms with Crippen LogP contribution < -0.4 is 4.74 Å². The van der Waals surface area contributed by atoms with Crippen molar-refractivity contribution in [3.63, 3.8) is 0 Å². The van der Waals surface area contributed by atoms with E-state index in [0.717, 1.165) is 0 Å². The fourth-order valence-electron chi connectivity index (χ4n) is 1.07. The molecule has 1 aromatic carbocycles. The zero-order valence-corrected chi connectivity index (χ0v) is 9.18. The molecule has 4 heteroatoms. The minimum absolute atomic E-state index is 0.560. The molecule has 2 aromatic rings. The smallest absolute Gasteiger partial charge is 0.182 e. The fourth-order valence-corrected chi connectivity index (χ4v) is 1.91. The minimum Gasteiger partial charge on any atom is -0.445 e. The van der Waals surface area contributed by atoms with Gasteiger partial charge in [0.05, 0.1) is 5.02 Å². The highest BCUT2D eigenvalue weighted by Gasteiger charge is 2.04. The van der Waals surface area contributed by atoms with E-state index >= 15 is 0 Å². The summed E-state index contributed by atoms with van der Waals surface area (Å²) < 4.78 is 5.53. The predicted molar refractivity (Wildman–Crippen MR) is 60.6 cm³/mol. The molecule has 0 aliphatic rings. The van der Waals surface area contributed by atoms with Crippen molar-refractivity contribution in [1.82, 2.24) is 0 Å². The number of nitriles is 1. The molecule has 2 rings (SSSR count). The molecule has 0 atom stereocenters. The summed E-state index contributed by atoms with van der Waals surface area (Å²) in [6, 6.07) is 12.8. The molecule has 1 aromatic heterocycles. The van der Waals surface area contributed by atoms with Crippen LogP contribution in [0.15, 0.2) is 36.4 Å². The third-order valence-corrected chi connectivity index (χ3v) is 2.92. The monoisotopic (exact) mass is 235 g/mol. The molecule has 0 aliphatic heterocycles. The summed E-state index contributed by atoms with van der Waals surface area (Å²) in [6.45, 7) is 0. The summed E-state index contributed by atoms with van der Waals surface area (Å²) in [5.74, 6) is 0.602. The first-order valence-corrected chi connectivity index (χ1v) is 5.41. The fraction of sp³-hybridized carbons (Fsp3) is 0. The van der Waals surface area contributed by atoms with E-state index < -0.39 is 0 Å². The molecule has 0 saturated heterocycles. The van der Waals surface area contributed by atoms with Gasteiger partial charge in [-0.3, -0.25) is 0 Å². The molecule has 0 bridgehead atoms. The van der Waals surface area contributed by atoms with Crippen LogP contribution >= 0.6 is 22.9 Å². The van der Waals surface area contributed by atoms with Crippen LogP contribution in [-0.2, 0) is 0 Å². The van der Waals surface area contributed by atoms with Crippen LogP contribution in [0.3, 0.4) is 0 Å². The number of hydrogen-bond acceptors (Lipinski definition) is 3. The number of benzene rings is 1. The van der Waals surface area contributed by atoms with Crippen molar-refractivity contribution in [3.05, 3.63) is 46.3 Å². The molecular weight excluding hydrogens is 230 g/mol. The Kier molecular flexibility index (Phi) is 2.91. The van der Waals surface area contributed by atoms with E-state index in [2.05, 4.69) is 6.07 Å². The normalized spacial score (nSPS) is 9.60. The van der Waals surface area contributed by atoms with E-state index in [4.69, 9.17) is 21.6 Å². The molecule has 15 heavy (non-hydrogen) atoms. The summed E-state index contributed by atoms with van der Waals surface area (Å²) in [4.78, 5) is 0.622. The quantitative estimate of drug-likeness (QED) is 0.786. The molecule has 1 heterocycles. The number of hydrogen-bond donors (Lipinski definition) is 0. The van der Waals surface area contributed by atoms with Crippen molar-refractivity contribution in [2.24, 2.45) is 0 Å². The third kappa shape index (κ3) is 2.30. The maximum Gasteiger partial charge on any atom is 0.182 e. The second-order valence-electron chi connectivity index (χ2n) is 2.76. The van der Waals surface area contributed by atoms with Gasteiger partial charge in [0.15, 0.2) is 5.06 Å². The lowest BCUT2D eigenvalue weighted by Gasteiger charge is -2.03. The van der Waals surface area contributed by atoms with Gasteiger partial charge in [0.1, 0.15) is 16.7 Å². The molecule has 0 fully saturated rings. The average molecular weight is 236 g/mol. The first kappa shape index (κ1) is 10.0. The Morgan fingerprint density at radius 2 is 2.00 bits per heavy atom. The number of nitrogens with zero attached hydrogens (tertiary/aromatic N) is 1. The maximum absolute atomic E-state index is 8.65. The van der Waals surface area contributed by atoms with E-state index in [1.807, 2.05) is 12.1 Å². The van der Waals surface area contributed by atoms with Gasteiger partial charge in [-0.05, 0) is 24.3 Å². The Balaban J connectivity index is 2.23. The van der Waals surface area contributed by atoms with Gasteiger partial charge >= 0.3 is 0 Å². The van der Waals surface area contributed by atoms with Gasteiger partial charge in [-0.2, -0.15) is 5.26 Å². The highest BCUT2D eigenvalue weighted by Crippen LogP contribution is 2.32. The van der Waals surface area contributed by atoms with Crippen LogP contribution in [0.4, 0.5) is 0 Å². The van der Waals surface area contributed by atoms with Crippen molar-refractivity contribution in [2.75, 3.05) is 0 Å². The lowest BCUT2D eigenvalue weighted by molar-refractivity contribution is 0.497. The number of halogens is 1. The van der Waals surface area contributed by atoms with Crippen LogP contribution in [0.5, 0.6) is 10.8 Å². The van der Waals surface area contributed by atoms with Gasteiger partial charge in [0, 0.05) is 0 Å². The molecule has 74 valence electrons. The van der Waals surface area contributed by atoms with Crippen molar-refractivity contribution in [1.29, 1.82) is 5.26 Å². The molecule has 0 saturated carbocycles. The molecule has 0 unspecified atom stereocenters. The topological polar surface area (TPSA) is 33.0 Å². The first-order valence-electron chi connectivity index (χ1n) is 4.22. The van der Waals surface area contributed by atoms with Gasteiger partial charge in [0.2, 0.25) is 0 Å². The molecule has 0 N–H and O–H groups in total. The van der Waals surface area contributed by atoms with Crippen LogP contribution in [0, 0.1) is 11.3 Å². The Bertz CT molecular complexity index is 515. The van der Waals surface area contributed by atoms with E-state index in [1.165, 1.54) is 11.3 Å². The Hall–Kier alpha value is -1.50. The van der Waals surface area contributed by atoms with Gasteiger partial charge in [-0.1, -0.05) is 35.1 Å². The number of thiophene rings is 1. The van der Waals surface area contributed by atoms with E-state index in [-0.39, 0.29) is 0 Å². The molecule has 2 nitrogen and oxygen atoms in total. The van der Waals surface area contributed by atoms with Gasteiger partial charge in [-0.25, -0.2) is 0 Å². The Labute approximate surface area is 96.3 Å². The molecule has 0 aliphatic carbocycles. The van der Waals surface area contributed by atoms with Crippen molar-refractivity contribution < 1.29 is 4.74 Å². The van der Waals surface area contributed by atoms with Crippen molar-refractivity contribution in [2.45, 2.75) is 0 Å². The van der Waals surface area contributed by atoms with Crippen molar-refractivity contribution in [3.8, 4) is 16.9 Å². The summed E-state index contributed by atoms with van der Waals surface area (Å²) in [5.41, 5.74) is 0. The van der Waals surface area contributed by atoms with Gasteiger partial charge in [-0.15, -0.1) is 0 Å². The summed E-state index contributed by atoms with van der Waals surface area (Å²) in [7, 11) is 0. The largest absolute Gasteiger partial charge is 0.445 e. The standard InChI is InChI=1S/C11H6ClNOS/c12-9-3-1-2-4-10(9)14-11-6-5-8(7-13)15-11/h1-6H. The zero-order valence-electron chi connectivity index (χ0n) is 7.61. The SMILES string of the molecule is N#Cc1ccc(Oc2ccccc2Cl)s1. The average Bonchev–Trinajstić information content (AvgIpc) is 2.69. The second-order valence-corrected chi connectivity index (χ2v) is 4.22. The molecule has 0 spiro atoms. The number of rotatable bonds is 2. The maximum atomic E-state index is 8.65. The van der Waals surface area contributed by atoms with E-state index in [9.17, 15) is 0 Å². The molecule has 0 amide bonds. The summed E-state index contributed by atoms with van der Waals surface area (Å²) in [5, 5.41) is 9.88. The second kappa shape index (κ2) is 4.35. The molecular formula is C11H6ClNOS. The lowest BCUT2D eigenvalue weighted by Crippen LogP contribution is -1.80. The van der Waals surface area contributed by atoms with Gasteiger partial charge in [0.25, 0.3) is 0 Å². The first-order chi connectivity index (χ1) is 7.29. The van der Waals surface area contributed by atoms with E-state index in [0.29, 0.717) is 20.7 Å². The minimum atomic E-state index is 0.560. The number of ether oxygens (including phenoxy) is 1. The summed E-state index contributed by atoms with van der Waals surface area (Å²) >= 11 is 7.22. The Morgan fingerprint density at radius 1 is 1.20 bits per heavy atom. The van der Waals surface area contributed by atoms with Crippen LogP contribution in [0.1, 0.15) is 4.88 Å². The van der Waals surface area contributed by atoms with Crippen molar-refractivity contribution >= 4 is 22.9 Å². The summed E-state index contributed by atoms with van der Waals surface area (Å²) in [6.07, 6.45) is 0. The highest BCUT2D eigenvalue weighted by atomic mass is 35.5. The molecule has 0 radical (unpaired) electrons. The lowest BCUT2D eigenvalue weighted by atomic mass is 10.3. The Morgan fingerprint density at radius 3 is 2.67 bits per heavy atom. The van der Waals surface area contributed by atoms with Crippen LogP contribution in [0.25, 0.3) is 0 Å².